The smallest absolute Gasteiger partial charge is 0.223 e. The molecule has 0 aromatic carbocycles. The lowest BCUT2D eigenvalue weighted by Gasteiger charge is -2.15. The number of rotatable bonds is 6. The zero-order valence-corrected chi connectivity index (χ0v) is 10.6. The fraction of sp³-hybridized carbons (Fsp3) is 0.818. The molecule has 3 N–H and O–H groups in total. The summed E-state index contributed by atoms with van der Waals surface area (Å²) < 4.78 is 0. The lowest BCUT2D eigenvalue weighted by atomic mass is 10.0. The molecule has 16 heavy (non-hydrogen) atoms. The summed E-state index contributed by atoms with van der Waals surface area (Å²) in [6.07, 6.45) is 0.642. The van der Waals surface area contributed by atoms with Crippen LogP contribution in [-0.4, -0.2) is 43.4 Å². The standard InChI is InChI=1S/C11H23N3O2/c1-8(2)9(12)7-10(15)13-6-5-11(16)14(3)4/h8-9H,5-7,12H2,1-4H3,(H,13,15). The lowest BCUT2D eigenvalue weighted by Crippen LogP contribution is -2.36. The second-order valence-corrected chi connectivity index (χ2v) is 4.50. The average Bonchev–Trinajstić information content (AvgIpc) is 2.16. The Hall–Kier alpha value is -1.10. The van der Waals surface area contributed by atoms with Crippen LogP contribution in [0.3, 0.4) is 0 Å². The molecule has 0 aliphatic carbocycles. The molecule has 0 saturated carbocycles. The molecule has 0 aliphatic rings. The fourth-order valence-electron chi connectivity index (χ4n) is 1.05. The Morgan fingerprint density at radius 2 is 1.88 bits per heavy atom. The lowest BCUT2D eigenvalue weighted by molar-refractivity contribution is -0.128. The average molecular weight is 229 g/mol. The first-order valence-electron chi connectivity index (χ1n) is 5.57. The second kappa shape index (κ2) is 7.22. The minimum absolute atomic E-state index is 0.00783. The predicted octanol–water partition coefficient (Wildman–Crippen LogP) is -0.0457. The summed E-state index contributed by atoms with van der Waals surface area (Å²) in [4.78, 5) is 24.1. The van der Waals surface area contributed by atoms with Crippen molar-refractivity contribution in [3.63, 3.8) is 0 Å². The normalized spacial score (nSPS) is 12.4. The Bertz CT molecular complexity index is 239. The van der Waals surface area contributed by atoms with Gasteiger partial charge in [-0.3, -0.25) is 9.59 Å². The zero-order chi connectivity index (χ0) is 12.7. The molecule has 94 valence electrons. The molecule has 5 nitrogen and oxygen atoms in total. The van der Waals surface area contributed by atoms with Crippen molar-refractivity contribution in [3.8, 4) is 0 Å². The number of carbonyl (C=O) groups excluding carboxylic acids is 2. The highest BCUT2D eigenvalue weighted by atomic mass is 16.2. The summed E-state index contributed by atoms with van der Waals surface area (Å²) in [7, 11) is 3.39. The monoisotopic (exact) mass is 229 g/mol. The molecule has 0 rings (SSSR count). The van der Waals surface area contributed by atoms with E-state index in [4.69, 9.17) is 5.73 Å². The molecule has 0 aromatic rings. The van der Waals surface area contributed by atoms with E-state index in [1.165, 1.54) is 4.90 Å². The summed E-state index contributed by atoms with van der Waals surface area (Å²) in [6, 6.07) is -0.121. The van der Waals surface area contributed by atoms with E-state index in [-0.39, 0.29) is 23.8 Å². The Labute approximate surface area is 97.4 Å². The third-order valence-corrected chi connectivity index (χ3v) is 2.44. The van der Waals surface area contributed by atoms with Crippen LogP contribution < -0.4 is 11.1 Å². The molecular weight excluding hydrogens is 206 g/mol. The van der Waals surface area contributed by atoms with Gasteiger partial charge in [0, 0.05) is 39.5 Å². The zero-order valence-electron chi connectivity index (χ0n) is 10.6. The Morgan fingerprint density at radius 3 is 2.31 bits per heavy atom. The predicted molar refractivity (Wildman–Crippen MR) is 63.8 cm³/mol. The number of nitrogens with two attached hydrogens (primary N) is 1. The van der Waals surface area contributed by atoms with Crippen LogP contribution in [0.15, 0.2) is 0 Å². The highest BCUT2D eigenvalue weighted by Crippen LogP contribution is 2.02. The molecule has 0 heterocycles. The van der Waals surface area contributed by atoms with E-state index in [0.29, 0.717) is 19.4 Å². The third kappa shape index (κ3) is 6.40. The van der Waals surface area contributed by atoms with Crippen LogP contribution in [0.1, 0.15) is 26.7 Å². The van der Waals surface area contributed by atoms with Crippen molar-refractivity contribution in [2.24, 2.45) is 11.7 Å². The summed E-state index contributed by atoms with van der Waals surface area (Å²) >= 11 is 0. The van der Waals surface area contributed by atoms with Crippen LogP contribution >= 0.6 is 0 Å². The van der Waals surface area contributed by atoms with E-state index in [9.17, 15) is 9.59 Å². The SMILES string of the molecule is CC(C)C(N)CC(=O)NCCC(=O)N(C)C. The molecule has 1 unspecified atom stereocenters. The number of carbonyl (C=O) groups is 2. The molecule has 0 aromatic heterocycles. The molecule has 0 saturated heterocycles. The van der Waals surface area contributed by atoms with Crippen molar-refractivity contribution >= 4 is 11.8 Å². The summed E-state index contributed by atoms with van der Waals surface area (Å²) in [6.45, 7) is 4.34. The Morgan fingerprint density at radius 1 is 1.31 bits per heavy atom. The third-order valence-electron chi connectivity index (χ3n) is 2.44. The molecule has 0 spiro atoms. The Balaban J connectivity index is 3.70. The van der Waals surface area contributed by atoms with Gasteiger partial charge < -0.3 is 16.0 Å². The van der Waals surface area contributed by atoms with Crippen LogP contribution in [0.5, 0.6) is 0 Å². The van der Waals surface area contributed by atoms with Crippen LogP contribution in [0.25, 0.3) is 0 Å². The molecule has 1 atom stereocenters. The first-order chi connectivity index (χ1) is 7.34. The van der Waals surface area contributed by atoms with Crippen LogP contribution in [0.2, 0.25) is 0 Å². The first kappa shape index (κ1) is 14.9. The van der Waals surface area contributed by atoms with Gasteiger partial charge in [-0.2, -0.15) is 0 Å². The molecule has 0 radical (unpaired) electrons. The minimum Gasteiger partial charge on any atom is -0.356 e. The van der Waals surface area contributed by atoms with Gasteiger partial charge in [-0.15, -0.1) is 0 Å². The van der Waals surface area contributed by atoms with Gasteiger partial charge in [-0.1, -0.05) is 13.8 Å². The van der Waals surface area contributed by atoms with Gasteiger partial charge in [0.05, 0.1) is 0 Å². The number of amides is 2. The number of hydrogen-bond donors (Lipinski definition) is 2. The van der Waals surface area contributed by atoms with Crippen LogP contribution in [0.4, 0.5) is 0 Å². The van der Waals surface area contributed by atoms with Gasteiger partial charge in [-0.25, -0.2) is 0 Å². The first-order valence-corrected chi connectivity index (χ1v) is 5.57. The highest BCUT2D eigenvalue weighted by molar-refractivity contribution is 5.79. The number of hydrogen-bond acceptors (Lipinski definition) is 3. The number of nitrogens with zero attached hydrogens (tertiary/aromatic N) is 1. The molecule has 5 heteroatoms. The van der Waals surface area contributed by atoms with E-state index in [1.54, 1.807) is 14.1 Å². The molecule has 0 aliphatic heterocycles. The maximum Gasteiger partial charge on any atom is 0.223 e. The maximum atomic E-state index is 11.4. The fourth-order valence-corrected chi connectivity index (χ4v) is 1.05. The topological polar surface area (TPSA) is 75.4 Å². The van der Waals surface area contributed by atoms with Gasteiger partial charge in [0.25, 0.3) is 0 Å². The van der Waals surface area contributed by atoms with Gasteiger partial charge in [0.2, 0.25) is 11.8 Å². The minimum atomic E-state index is -0.121. The van der Waals surface area contributed by atoms with Gasteiger partial charge >= 0.3 is 0 Å². The maximum absolute atomic E-state index is 11.4. The highest BCUT2D eigenvalue weighted by Gasteiger charge is 2.12. The van der Waals surface area contributed by atoms with Crippen molar-refractivity contribution < 1.29 is 9.59 Å². The molecule has 0 fully saturated rings. The van der Waals surface area contributed by atoms with E-state index in [1.807, 2.05) is 13.8 Å². The summed E-state index contributed by atoms with van der Waals surface area (Å²) in [5.41, 5.74) is 5.76. The van der Waals surface area contributed by atoms with Crippen molar-refractivity contribution in [1.29, 1.82) is 0 Å². The Kier molecular flexibility index (Phi) is 6.72. The number of nitrogens with one attached hydrogen (secondary N) is 1. The summed E-state index contributed by atoms with van der Waals surface area (Å²) in [5.74, 6) is 0.204. The van der Waals surface area contributed by atoms with Crippen molar-refractivity contribution in [1.82, 2.24) is 10.2 Å². The van der Waals surface area contributed by atoms with Gasteiger partial charge in [0.15, 0.2) is 0 Å². The molecule has 0 bridgehead atoms. The van der Waals surface area contributed by atoms with Crippen molar-refractivity contribution in [3.05, 3.63) is 0 Å². The second-order valence-electron chi connectivity index (χ2n) is 4.50. The largest absolute Gasteiger partial charge is 0.356 e. The van der Waals surface area contributed by atoms with E-state index < -0.39 is 0 Å². The van der Waals surface area contributed by atoms with E-state index in [0.717, 1.165) is 0 Å². The van der Waals surface area contributed by atoms with E-state index >= 15 is 0 Å². The van der Waals surface area contributed by atoms with Crippen molar-refractivity contribution in [2.75, 3.05) is 20.6 Å². The van der Waals surface area contributed by atoms with Crippen molar-refractivity contribution in [2.45, 2.75) is 32.7 Å². The van der Waals surface area contributed by atoms with E-state index in [2.05, 4.69) is 5.32 Å². The quantitative estimate of drug-likeness (QED) is 0.671. The van der Waals surface area contributed by atoms with Gasteiger partial charge in [0.1, 0.15) is 0 Å². The van der Waals surface area contributed by atoms with Crippen LogP contribution in [-0.2, 0) is 9.59 Å². The van der Waals surface area contributed by atoms with Crippen LogP contribution in [0, 0.1) is 5.92 Å². The van der Waals surface area contributed by atoms with Gasteiger partial charge in [-0.05, 0) is 5.92 Å². The summed E-state index contributed by atoms with van der Waals surface area (Å²) in [5, 5.41) is 2.69. The molecule has 2 amide bonds. The molecular formula is C11H23N3O2.